The molecule has 2 saturated heterocycles. The summed E-state index contributed by atoms with van der Waals surface area (Å²) >= 11 is 0. The van der Waals surface area contributed by atoms with Crippen LogP contribution in [0.3, 0.4) is 0 Å². The van der Waals surface area contributed by atoms with E-state index in [1.807, 2.05) is 35.2 Å². The second-order valence-corrected chi connectivity index (χ2v) is 15.6. The van der Waals surface area contributed by atoms with Gasteiger partial charge < -0.3 is 39.8 Å². The Balaban J connectivity index is 1.00. The average molecular weight is 830 g/mol. The first-order chi connectivity index (χ1) is 29.6. The molecule has 61 heavy (non-hydrogen) atoms. The Hall–Kier alpha value is -6.48. The van der Waals surface area contributed by atoms with E-state index in [2.05, 4.69) is 63.3 Å². The fraction of sp³-hybridized carbons (Fsp3) is 0.391. The topological polar surface area (TPSA) is 180 Å². The largest absolute Gasteiger partial charge is 0.465 e. The number of hydrogen-bond acceptors (Lipinski definition) is 8. The van der Waals surface area contributed by atoms with Gasteiger partial charge in [0, 0.05) is 26.7 Å². The third-order valence-electron chi connectivity index (χ3n) is 12.1. The number of imidazole rings is 2. The lowest BCUT2D eigenvalue weighted by atomic mass is 10.0. The SMILES string of the molecule is CCN(CC)CCC(NC(=O)OC)C(=O)N1CCC[C@H]1c1ncc(-c2ccc(-c3ccc(-c4cnc([C@@H]5CCCN5C(=O)[C@@H](c5ccccc5)N(C)C(=O)O)[nH]4)cc3)cc2)[nH]1. The summed E-state index contributed by atoms with van der Waals surface area (Å²) in [6.45, 7) is 7.66. The van der Waals surface area contributed by atoms with E-state index >= 15 is 0 Å². The van der Waals surface area contributed by atoms with Gasteiger partial charge in [-0.15, -0.1) is 0 Å². The summed E-state index contributed by atoms with van der Waals surface area (Å²) in [5.41, 5.74) is 6.30. The Morgan fingerprint density at radius 3 is 1.74 bits per heavy atom. The van der Waals surface area contributed by atoms with Crippen molar-refractivity contribution in [2.24, 2.45) is 0 Å². The van der Waals surface area contributed by atoms with Crippen LogP contribution in [0.4, 0.5) is 9.59 Å². The molecular formula is C46H55N9O6. The van der Waals surface area contributed by atoms with Crippen molar-refractivity contribution in [3.05, 3.63) is 108 Å². The predicted molar refractivity (Wildman–Crippen MR) is 231 cm³/mol. The second-order valence-electron chi connectivity index (χ2n) is 15.6. The number of aromatic nitrogens is 4. The fourth-order valence-electron chi connectivity index (χ4n) is 8.56. The molecule has 4 N–H and O–H groups in total. The number of aromatic amines is 2. The van der Waals surface area contributed by atoms with Gasteiger partial charge in [-0.3, -0.25) is 14.5 Å². The highest BCUT2D eigenvalue weighted by molar-refractivity contribution is 5.87. The number of likely N-dealkylation sites (tertiary alicyclic amines) is 2. The quantitative estimate of drug-likeness (QED) is 0.0845. The molecule has 2 aliphatic heterocycles. The Bertz CT molecular complexity index is 2270. The van der Waals surface area contributed by atoms with Gasteiger partial charge in [0.2, 0.25) is 5.91 Å². The van der Waals surface area contributed by atoms with Gasteiger partial charge in [0.05, 0.1) is 43.0 Å². The van der Waals surface area contributed by atoms with Crippen molar-refractivity contribution in [1.82, 2.24) is 44.9 Å². The first kappa shape index (κ1) is 42.6. The van der Waals surface area contributed by atoms with Gasteiger partial charge in [-0.05, 0) is 73.0 Å². The number of hydrogen-bond donors (Lipinski definition) is 4. The molecule has 7 rings (SSSR count). The number of carboxylic acid groups (broad SMARTS) is 1. The molecule has 0 aliphatic carbocycles. The van der Waals surface area contributed by atoms with E-state index in [1.54, 1.807) is 41.6 Å². The third kappa shape index (κ3) is 9.46. The minimum Gasteiger partial charge on any atom is -0.465 e. The lowest BCUT2D eigenvalue weighted by molar-refractivity contribution is -0.137. The van der Waals surface area contributed by atoms with Crippen LogP contribution in [0.15, 0.2) is 91.3 Å². The van der Waals surface area contributed by atoms with Crippen LogP contribution < -0.4 is 5.32 Å². The molecular weight excluding hydrogens is 775 g/mol. The predicted octanol–water partition coefficient (Wildman–Crippen LogP) is 7.27. The van der Waals surface area contributed by atoms with Crippen LogP contribution in [0.2, 0.25) is 0 Å². The highest BCUT2D eigenvalue weighted by atomic mass is 16.5. The highest BCUT2D eigenvalue weighted by Gasteiger charge is 2.39. The smallest absolute Gasteiger partial charge is 0.407 e. The van der Waals surface area contributed by atoms with E-state index in [4.69, 9.17) is 9.72 Å². The molecule has 4 heterocycles. The second kappa shape index (κ2) is 19.3. The molecule has 15 heteroatoms. The molecule has 320 valence electrons. The van der Waals surface area contributed by atoms with E-state index in [-0.39, 0.29) is 23.9 Å². The van der Waals surface area contributed by atoms with E-state index in [9.17, 15) is 24.3 Å². The number of amides is 4. The van der Waals surface area contributed by atoms with Gasteiger partial charge in [0.1, 0.15) is 23.7 Å². The van der Waals surface area contributed by atoms with E-state index in [1.165, 1.54) is 14.2 Å². The van der Waals surface area contributed by atoms with Crippen molar-refractivity contribution in [2.75, 3.05) is 46.9 Å². The zero-order chi connectivity index (χ0) is 43.0. The minimum atomic E-state index is -1.17. The number of ether oxygens (including phenoxy) is 1. The number of rotatable bonds is 15. The lowest BCUT2D eigenvalue weighted by Gasteiger charge is -2.32. The number of likely N-dealkylation sites (N-methyl/N-ethyl adjacent to an activating group) is 1. The van der Waals surface area contributed by atoms with E-state index in [0.29, 0.717) is 37.4 Å². The molecule has 2 fully saturated rings. The van der Waals surface area contributed by atoms with Crippen molar-refractivity contribution in [3.63, 3.8) is 0 Å². The molecule has 0 spiro atoms. The number of nitrogens with zero attached hydrogens (tertiary/aromatic N) is 6. The van der Waals surface area contributed by atoms with Gasteiger partial charge in [-0.25, -0.2) is 19.6 Å². The zero-order valence-corrected chi connectivity index (χ0v) is 35.2. The molecule has 4 amide bonds. The number of carbonyl (C=O) groups excluding carboxylic acids is 3. The fourth-order valence-corrected chi connectivity index (χ4v) is 8.56. The number of carbonyl (C=O) groups is 4. The maximum atomic E-state index is 14.0. The highest BCUT2D eigenvalue weighted by Crippen LogP contribution is 2.36. The molecule has 2 aliphatic rings. The summed E-state index contributed by atoms with van der Waals surface area (Å²) in [7, 11) is 2.73. The Kier molecular flexibility index (Phi) is 13.5. The summed E-state index contributed by atoms with van der Waals surface area (Å²) < 4.78 is 4.85. The molecule has 1 unspecified atom stereocenters. The normalized spacial score (nSPS) is 17.3. The number of nitrogens with one attached hydrogen (secondary N) is 3. The zero-order valence-electron chi connectivity index (χ0n) is 35.2. The minimum absolute atomic E-state index is 0.131. The maximum Gasteiger partial charge on any atom is 0.407 e. The number of alkyl carbamates (subject to hydrolysis) is 1. The average Bonchev–Trinajstić information content (AvgIpc) is 4.14. The summed E-state index contributed by atoms with van der Waals surface area (Å²) in [6.07, 6.45) is 5.40. The Morgan fingerprint density at radius 1 is 0.770 bits per heavy atom. The Morgan fingerprint density at radius 2 is 1.26 bits per heavy atom. The van der Waals surface area contributed by atoms with Crippen LogP contribution in [-0.2, 0) is 14.3 Å². The van der Waals surface area contributed by atoms with Gasteiger partial charge >= 0.3 is 12.2 Å². The van der Waals surface area contributed by atoms with Gasteiger partial charge in [-0.1, -0.05) is 92.7 Å². The molecule has 0 radical (unpaired) electrons. The van der Waals surface area contributed by atoms with Crippen molar-refractivity contribution < 1.29 is 29.0 Å². The monoisotopic (exact) mass is 829 g/mol. The van der Waals surface area contributed by atoms with Crippen LogP contribution in [0.25, 0.3) is 33.6 Å². The number of methoxy groups -OCH3 is 1. The van der Waals surface area contributed by atoms with Gasteiger partial charge in [0.25, 0.3) is 5.91 Å². The van der Waals surface area contributed by atoms with Crippen LogP contribution in [-0.4, -0.2) is 122 Å². The van der Waals surface area contributed by atoms with Crippen molar-refractivity contribution in [3.8, 4) is 33.6 Å². The van der Waals surface area contributed by atoms with E-state index in [0.717, 1.165) is 83.1 Å². The number of benzene rings is 3. The van der Waals surface area contributed by atoms with Crippen molar-refractivity contribution >= 4 is 24.0 Å². The molecule has 3 aromatic carbocycles. The Labute approximate surface area is 356 Å². The molecule has 4 atom stereocenters. The van der Waals surface area contributed by atoms with Crippen LogP contribution in [0.5, 0.6) is 0 Å². The first-order valence-electron chi connectivity index (χ1n) is 21.1. The molecule has 0 saturated carbocycles. The first-order valence-corrected chi connectivity index (χ1v) is 21.1. The lowest BCUT2D eigenvalue weighted by Crippen LogP contribution is -2.49. The number of H-pyrrole nitrogens is 2. The summed E-state index contributed by atoms with van der Waals surface area (Å²) in [5, 5.41) is 12.6. The summed E-state index contributed by atoms with van der Waals surface area (Å²) in [4.78, 5) is 75.2. The van der Waals surface area contributed by atoms with Gasteiger partial charge in [0.15, 0.2) is 0 Å². The standard InChI is InChI=1S/C46H55N9O6/c1-5-53(6-2)27-24-35(51-45(58)61-4)43(56)54-25-10-14-38(54)41-47-28-36(49-41)32-20-16-30(17-21-32)31-18-22-33(23-19-31)37-29-48-42(50-37)39-15-11-26-55(39)44(57)40(52(3)46(59)60)34-12-8-7-9-13-34/h7-9,12-13,16-23,28-29,35,38-40H,5-6,10-11,14-15,24-27H2,1-4H3,(H,47,49)(H,48,50)(H,51,58)(H,59,60)/t35?,38-,39-,40+/m0/s1. The molecule has 5 aromatic rings. The van der Waals surface area contributed by atoms with Gasteiger partial charge in [-0.2, -0.15) is 0 Å². The van der Waals surface area contributed by atoms with Crippen LogP contribution >= 0.6 is 0 Å². The van der Waals surface area contributed by atoms with Crippen LogP contribution in [0.1, 0.15) is 81.3 Å². The molecule has 15 nitrogen and oxygen atoms in total. The summed E-state index contributed by atoms with van der Waals surface area (Å²) in [5.74, 6) is 0.991. The van der Waals surface area contributed by atoms with Crippen molar-refractivity contribution in [1.29, 1.82) is 0 Å². The third-order valence-corrected chi connectivity index (χ3v) is 12.1. The maximum absolute atomic E-state index is 14.0. The molecule has 2 aromatic heterocycles. The molecule has 0 bridgehead atoms. The van der Waals surface area contributed by atoms with Crippen LogP contribution in [0, 0.1) is 0 Å². The van der Waals surface area contributed by atoms with E-state index < -0.39 is 24.3 Å². The van der Waals surface area contributed by atoms with Crippen molar-refractivity contribution in [2.45, 2.75) is 70.1 Å². The summed E-state index contributed by atoms with van der Waals surface area (Å²) in [6, 6.07) is 23.3.